The van der Waals surface area contributed by atoms with Gasteiger partial charge in [-0.2, -0.15) is 0 Å². The summed E-state index contributed by atoms with van der Waals surface area (Å²) in [5.74, 6) is 0.976. The van der Waals surface area contributed by atoms with E-state index >= 15 is 0 Å². The molecule has 0 aromatic carbocycles. The number of nitrogens with zero attached hydrogens (tertiary/aromatic N) is 1. The van der Waals surface area contributed by atoms with Gasteiger partial charge in [0.1, 0.15) is 0 Å². The van der Waals surface area contributed by atoms with Gasteiger partial charge in [-0.15, -0.1) is 0 Å². The normalized spacial score (nSPS) is 31.3. The van der Waals surface area contributed by atoms with Crippen LogP contribution in [0.3, 0.4) is 0 Å². The highest BCUT2D eigenvalue weighted by molar-refractivity contribution is 4.93. The largest absolute Gasteiger partial charge is 0.393 e. The summed E-state index contributed by atoms with van der Waals surface area (Å²) < 4.78 is 11.4. The van der Waals surface area contributed by atoms with Gasteiger partial charge in [0.15, 0.2) is 0 Å². The van der Waals surface area contributed by atoms with Gasteiger partial charge >= 0.3 is 0 Å². The first kappa shape index (κ1) is 20.8. The van der Waals surface area contributed by atoms with Gasteiger partial charge in [0, 0.05) is 25.6 Å². The third-order valence-corrected chi connectivity index (χ3v) is 5.03. The van der Waals surface area contributed by atoms with Crippen LogP contribution in [-0.2, 0) is 9.47 Å². The fraction of sp³-hybridized carbons (Fsp3) is 1.00. The molecule has 138 valence electrons. The average molecular weight is 331 g/mol. The van der Waals surface area contributed by atoms with E-state index in [1.54, 1.807) is 14.0 Å². The Labute approximate surface area is 142 Å². The molecule has 23 heavy (non-hydrogen) atoms. The van der Waals surface area contributed by atoms with Crippen LogP contribution < -0.4 is 0 Å². The van der Waals surface area contributed by atoms with E-state index in [-0.39, 0.29) is 24.2 Å². The standard InChI is InChI=1S/C18H37NO4/c1-8-15(22-7)16(14(6)20)17-13(5)19(18(21)23-17)10-12(4)9-11(2)3/h11-18,20-21H,8-10H2,1-7H3/t12-,13-,14?,15-,16?,17-,18?/m1/s1. The maximum Gasteiger partial charge on any atom is 0.216 e. The van der Waals surface area contributed by atoms with Crippen molar-refractivity contribution in [3.05, 3.63) is 0 Å². The fourth-order valence-corrected chi connectivity index (χ4v) is 4.02. The monoisotopic (exact) mass is 331 g/mol. The second kappa shape index (κ2) is 9.33. The van der Waals surface area contributed by atoms with Gasteiger partial charge in [0.05, 0.1) is 18.3 Å². The summed E-state index contributed by atoms with van der Waals surface area (Å²) in [6.45, 7) is 13.3. The third-order valence-electron chi connectivity index (χ3n) is 5.03. The zero-order valence-electron chi connectivity index (χ0n) is 15.9. The molecule has 1 fully saturated rings. The Morgan fingerprint density at radius 1 is 1.22 bits per heavy atom. The first-order valence-corrected chi connectivity index (χ1v) is 9.02. The van der Waals surface area contributed by atoms with E-state index in [0.29, 0.717) is 11.8 Å². The Hall–Kier alpha value is -0.200. The van der Waals surface area contributed by atoms with Gasteiger partial charge in [-0.1, -0.05) is 27.7 Å². The minimum Gasteiger partial charge on any atom is -0.393 e. The molecule has 0 spiro atoms. The Kier molecular flexibility index (Phi) is 8.45. The highest BCUT2D eigenvalue weighted by Crippen LogP contribution is 2.33. The molecule has 1 rings (SSSR count). The van der Waals surface area contributed by atoms with Crippen molar-refractivity contribution in [3.63, 3.8) is 0 Å². The summed E-state index contributed by atoms with van der Waals surface area (Å²) in [5, 5.41) is 20.6. The molecule has 1 aliphatic rings. The molecule has 0 aromatic heterocycles. The van der Waals surface area contributed by atoms with E-state index in [4.69, 9.17) is 9.47 Å². The number of hydrogen-bond donors (Lipinski definition) is 2. The lowest BCUT2D eigenvalue weighted by molar-refractivity contribution is -0.174. The maximum absolute atomic E-state index is 10.4. The minimum atomic E-state index is -0.903. The highest BCUT2D eigenvalue weighted by atomic mass is 16.6. The minimum absolute atomic E-state index is 0.0448. The van der Waals surface area contributed by atoms with Crippen molar-refractivity contribution in [1.29, 1.82) is 0 Å². The number of methoxy groups -OCH3 is 1. The molecule has 2 N–H and O–H groups in total. The quantitative estimate of drug-likeness (QED) is 0.679. The zero-order valence-corrected chi connectivity index (χ0v) is 15.9. The molecule has 0 bridgehead atoms. The molecule has 5 nitrogen and oxygen atoms in total. The zero-order chi connectivity index (χ0) is 17.7. The first-order chi connectivity index (χ1) is 10.7. The molecule has 0 amide bonds. The molecule has 3 unspecified atom stereocenters. The summed E-state index contributed by atoms with van der Waals surface area (Å²) in [7, 11) is 1.67. The van der Waals surface area contributed by atoms with Gasteiger partial charge in [-0.05, 0) is 38.5 Å². The van der Waals surface area contributed by atoms with Gasteiger partial charge in [0.2, 0.25) is 6.41 Å². The van der Waals surface area contributed by atoms with E-state index < -0.39 is 12.5 Å². The van der Waals surface area contributed by atoms with Crippen LogP contribution in [0, 0.1) is 17.8 Å². The van der Waals surface area contributed by atoms with Crippen LogP contribution in [0.25, 0.3) is 0 Å². The predicted molar refractivity (Wildman–Crippen MR) is 91.9 cm³/mol. The van der Waals surface area contributed by atoms with E-state index in [9.17, 15) is 10.2 Å². The highest BCUT2D eigenvalue weighted by Gasteiger charge is 2.46. The van der Waals surface area contributed by atoms with Gasteiger partial charge < -0.3 is 19.7 Å². The van der Waals surface area contributed by atoms with Crippen molar-refractivity contribution in [2.75, 3.05) is 13.7 Å². The molecular weight excluding hydrogens is 294 g/mol. The number of aliphatic hydroxyl groups is 2. The summed E-state index contributed by atoms with van der Waals surface area (Å²) in [6.07, 6.45) is 0.158. The third kappa shape index (κ3) is 5.40. The van der Waals surface area contributed by atoms with Crippen LogP contribution in [0.15, 0.2) is 0 Å². The van der Waals surface area contributed by atoms with Crippen LogP contribution in [0.5, 0.6) is 0 Å². The lowest BCUT2D eigenvalue weighted by Gasteiger charge is -2.34. The van der Waals surface area contributed by atoms with Crippen molar-refractivity contribution in [2.24, 2.45) is 17.8 Å². The molecule has 0 aromatic rings. The number of rotatable bonds is 9. The molecule has 1 heterocycles. The van der Waals surface area contributed by atoms with Gasteiger partial charge in [-0.3, -0.25) is 0 Å². The average Bonchev–Trinajstić information content (AvgIpc) is 2.71. The SMILES string of the molecule is CC[C@@H](OC)C(C(C)O)[C@@H]1OC(O)N(C[C@H](C)CC(C)C)[C@@H]1C. The summed E-state index contributed by atoms with van der Waals surface area (Å²) in [6, 6.07) is 0.0448. The van der Waals surface area contributed by atoms with E-state index in [2.05, 4.69) is 27.7 Å². The molecule has 1 aliphatic heterocycles. The van der Waals surface area contributed by atoms with Crippen molar-refractivity contribution < 1.29 is 19.7 Å². The molecule has 1 saturated heterocycles. The fourth-order valence-electron chi connectivity index (χ4n) is 4.02. The topological polar surface area (TPSA) is 62.2 Å². The molecule has 0 aliphatic carbocycles. The lowest BCUT2D eigenvalue weighted by Crippen LogP contribution is -2.47. The van der Waals surface area contributed by atoms with Crippen molar-refractivity contribution in [2.45, 2.75) is 85.2 Å². The number of hydrogen-bond acceptors (Lipinski definition) is 5. The van der Waals surface area contributed by atoms with Crippen molar-refractivity contribution in [3.8, 4) is 0 Å². The Morgan fingerprint density at radius 3 is 2.26 bits per heavy atom. The van der Waals surface area contributed by atoms with Gasteiger partial charge in [-0.25, -0.2) is 4.90 Å². The van der Waals surface area contributed by atoms with E-state index in [1.165, 1.54) is 0 Å². The molecule has 7 atom stereocenters. The Bertz CT molecular complexity index is 333. The summed E-state index contributed by atoms with van der Waals surface area (Å²) in [5.41, 5.74) is 0. The second-order valence-electron chi connectivity index (χ2n) is 7.60. The molecule has 5 heteroatoms. The van der Waals surface area contributed by atoms with Crippen LogP contribution in [0.4, 0.5) is 0 Å². The van der Waals surface area contributed by atoms with Crippen molar-refractivity contribution >= 4 is 0 Å². The predicted octanol–water partition coefficient (Wildman–Crippen LogP) is 2.46. The molecule has 0 radical (unpaired) electrons. The Morgan fingerprint density at radius 2 is 1.83 bits per heavy atom. The summed E-state index contributed by atoms with van der Waals surface area (Å²) in [4.78, 5) is 2.01. The Balaban J connectivity index is 2.82. The van der Waals surface area contributed by atoms with E-state index in [0.717, 1.165) is 19.4 Å². The number of aliphatic hydroxyl groups excluding tert-OH is 2. The van der Waals surface area contributed by atoms with E-state index in [1.807, 2.05) is 11.8 Å². The van der Waals surface area contributed by atoms with Crippen LogP contribution >= 0.6 is 0 Å². The van der Waals surface area contributed by atoms with Crippen LogP contribution in [0.1, 0.15) is 54.4 Å². The summed E-state index contributed by atoms with van der Waals surface area (Å²) >= 11 is 0. The maximum atomic E-state index is 10.4. The second-order valence-corrected chi connectivity index (χ2v) is 7.60. The lowest BCUT2D eigenvalue weighted by atomic mass is 9.85. The smallest absolute Gasteiger partial charge is 0.216 e. The number of ether oxygens (including phenoxy) is 2. The molecule has 0 saturated carbocycles. The van der Waals surface area contributed by atoms with Crippen LogP contribution in [0.2, 0.25) is 0 Å². The first-order valence-electron chi connectivity index (χ1n) is 9.02. The van der Waals surface area contributed by atoms with Gasteiger partial charge in [0.25, 0.3) is 0 Å². The van der Waals surface area contributed by atoms with Crippen molar-refractivity contribution in [1.82, 2.24) is 4.90 Å². The van der Waals surface area contributed by atoms with Crippen LogP contribution in [-0.4, -0.2) is 59.5 Å². The molecular formula is C18H37NO4.